The van der Waals surface area contributed by atoms with Crippen molar-refractivity contribution in [1.82, 2.24) is 25.1 Å². The van der Waals surface area contributed by atoms with Gasteiger partial charge in [-0.2, -0.15) is 0 Å². The first-order valence-electron chi connectivity index (χ1n) is 8.86. The molecule has 0 spiro atoms. The number of nitrogens with one attached hydrogen (secondary N) is 1. The Kier molecular flexibility index (Phi) is 5.85. The number of ether oxygens (including phenoxy) is 1. The summed E-state index contributed by atoms with van der Waals surface area (Å²) in [7, 11) is 3.68. The van der Waals surface area contributed by atoms with Crippen molar-refractivity contribution < 1.29 is 9.53 Å². The summed E-state index contributed by atoms with van der Waals surface area (Å²) in [5.41, 5.74) is 6.95. The zero-order valence-corrected chi connectivity index (χ0v) is 15.4. The molecule has 0 unspecified atom stereocenters. The summed E-state index contributed by atoms with van der Waals surface area (Å²) in [5, 5.41) is 3.65. The summed E-state index contributed by atoms with van der Waals surface area (Å²) in [5.74, 6) is 0.669. The van der Waals surface area contributed by atoms with Crippen LogP contribution in [-0.4, -0.2) is 79.1 Å². The normalized spacial score (nSPS) is 15.9. The number of nitrogens with two attached hydrogens (primary N) is 1. The second kappa shape index (κ2) is 8.29. The van der Waals surface area contributed by atoms with Crippen molar-refractivity contribution in [3.05, 3.63) is 24.0 Å². The third kappa shape index (κ3) is 4.20. The number of fused-ring (bicyclic) bond motifs is 1. The number of piperazine rings is 1. The number of carbonyl (C=O) groups is 1. The van der Waals surface area contributed by atoms with Gasteiger partial charge in [0, 0.05) is 38.1 Å². The average molecular weight is 358 g/mol. The van der Waals surface area contributed by atoms with Crippen molar-refractivity contribution >= 4 is 22.6 Å². The highest BCUT2D eigenvalue weighted by Gasteiger charge is 2.16. The summed E-state index contributed by atoms with van der Waals surface area (Å²) in [4.78, 5) is 25.5. The van der Waals surface area contributed by atoms with Crippen LogP contribution in [0.1, 0.15) is 16.8 Å². The first-order chi connectivity index (χ1) is 12.6. The molecule has 1 aromatic heterocycles. The van der Waals surface area contributed by atoms with Gasteiger partial charge < -0.3 is 25.6 Å². The van der Waals surface area contributed by atoms with E-state index in [1.54, 1.807) is 12.1 Å². The molecule has 8 heteroatoms. The number of hydrogen-bond donors (Lipinski definition) is 2. The monoisotopic (exact) mass is 358 g/mol. The minimum Gasteiger partial charge on any atom is -0.496 e. The predicted molar refractivity (Wildman–Crippen MR) is 101 cm³/mol. The van der Waals surface area contributed by atoms with Gasteiger partial charge in [0.05, 0.1) is 18.2 Å². The van der Waals surface area contributed by atoms with Gasteiger partial charge in [0.2, 0.25) is 0 Å². The van der Waals surface area contributed by atoms with Gasteiger partial charge in [0.1, 0.15) is 17.9 Å². The number of aromatic nitrogens is 2. The van der Waals surface area contributed by atoms with Crippen LogP contribution < -0.4 is 15.8 Å². The average Bonchev–Trinajstić information content (AvgIpc) is 2.66. The van der Waals surface area contributed by atoms with Crippen molar-refractivity contribution in [1.29, 1.82) is 0 Å². The van der Waals surface area contributed by atoms with E-state index in [0.29, 0.717) is 34.6 Å². The number of carbonyl (C=O) groups excluding carboxylic acids is 1. The minimum absolute atomic E-state index is 0.167. The van der Waals surface area contributed by atoms with Crippen LogP contribution in [-0.2, 0) is 0 Å². The van der Waals surface area contributed by atoms with Gasteiger partial charge in [-0.25, -0.2) is 9.97 Å². The maximum absolute atomic E-state index is 12.6. The SMILES string of the molecule is COc1cc2c(N)ncnc2cc1C(=O)NCCCN1CCN(C)CC1. The number of rotatable bonds is 6. The number of hydrogen-bond acceptors (Lipinski definition) is 7. The molecule has 26 heavy (non-hydrogen) atoms. The molecule has 140 valence electrons. The molecule has 8 nitrogen and oxygen atoms in total. The van der Waals surface area contributed by atoms with Crippen LogP contribution in [0, 0.1) is 0 Å². The van der Waals surface area contributed by atoms with Gasteiger partial charge in [-0.15, -0.1) is 0 Å². The van der Waals surface area contributed by atoms with E-state index in [1.807, 2.05) is 0 Å². The van der Waals surface area contributed by atoms with Crippen LogP contribution in [0.25, 0.3) is 10.9 Å². The molecule has 1 saturated heterocycles. The zero-order valence-electron chi connectivity index (χ0n) is 15.4. The highest BCUT2D eigenvalue weighted by atomic mass is 16.5. The topological polar surface area (TPSA) is 96.6 Å². The van der Waals surface area contributed by atoms with Crippen molar-refractivity contribution in [2.45, 2.75) is 6.42 Å². The summed E-state index contributed by atoms with van der Waals surface area (Å²) < 4.78 is 5.36. The van der Waals surface area contributed by atoms with E-state index in [0.717, 1.165) is 39.1 Å². The van der Waals surface area contributed by atoms with Crippen LogP contribution in [0.3, 0.4) is 0 Å². The molecule has 2 aromatic rings. The lowest BCUT2D eigenvalue weighted by Crippen LogP contribution is -2.45. The predicted octanol–water partition coefficient (Wildman–Crippen LogP) is 0.588. The van der Waals surface area contributed by atoms with Crippen molar-refractivity contribution in [3.63, 3.8) is 0 Å². The molecule has 0 aliphatic carbocycles. The highest BCUT2D eigenvalue weighted by Crippen LogP contribution is 2.27. The molecule has 1 aliphatic heterocycles. The first-order valence-corrected chi connectivity index (χ1v) is 8.86. The molecule has 1 aliphatic rings. The Balaban J connectivity index is 1.59. The minimum atomic E-state index is -0.167. The molecular formula is C18H26N6O2. The summed E-state index contributed by atoms with van der Waals surface area (Å²) in [6.45, 7) is 6.00. The number of nitrogen functional groups attached to an aromatic ring is 1. The molecule has 1 aromatic carbocycles. The van der Waals surface area contributed by atoms with E-state index in [9.17, 15) is 4.79 Å². The van der Waals surface area contributed by atoms with E-state index >= 15 is 0 Å². The molecular weight excluding hydrogens is 332 g/mol. The lowest BCUT2D eigenvalue weighted by atomic mass is 10.1. The third-order valence-corrected chi connectivity index (χ3v) is 4.76. The third-order valence-electron chi connectivity index (χ3n) is 4.76. The van der Waals surface area contributed by atoms with Crippen molar-refractivity contribution in [2.24, 2.45) is 0 Å². The molecule has 3 rings (SSSR count). The van der Waals surface area contributed by atoms with Crippen LogP contribution in [0.5, 0.6) is 5.75 Å². The van der Waals surface area contributed by atoms with Crippen LogP contribution >= 0.6 is 0 Å². The van der Waals surface area contributed by atoms with E-state index in [4.69, 9.17) is 10.5 Å². The Bertz CT molecular complexity index is 774. The quantitative estimate of drug-likeness (QED) is 0.730. The van der Waals surface area contributed by atoms with Gasteiger partial charge in [0.15, 0.2) is 0 Å². The van der Waals surface area contributed by atoms with Gasteiger partial charge >= 0.3 is 0 Å². The maximum Gasteiger partial charge on any atom is 0.255 e. The van der Waals surface area contributed by atoms with Crippen LogP contribution in [0.4, 0.5) is 5.82 Å². The van der Waals surface area contributed by atoms with E-state index in [1.165, 1.54) is 13.4 Å². The number of methoxy groups -OCH3 is 1. The van der Waals surface area contributed by atoms with E-state index in [2.05, 4.69) is 32.1 Å². The van der Waals surface area contributed by atoms with Crippen LogP contribution in [0.2, 0.25) is 0 Å². The van der Waals surface area contributed by atoms with Crippen LogP contribution in [0.15, 0.2) is 18.5 Å². The fourth-order valence-electron chi connectivity index (χ4n) is 3.12. The molecule has 3 N–H and O–H groups in total. The smallest absolute Gasteiger partial charge is 0.255 e. The molecule has 0 bridgehead atoms. The Hall–Kier alpha value is -2.45. The fraction of sp³-hybridized carbons (Fsp3) is 0.500. The second-order valence-electron chi connectivity index (χ2n) is 6.58. The standard InChI is InChI=1S/C18H26N6O2/c1-23-6-8-24(9-7-23)5-3-4-20-18(25)14-10-15-13(11-16(14)26-2)17(19)22-12-21-15/h10-12H,3-9H2,1-2H3,(H,20,25)(H2,19,21,22). The van der Waals surface area contributed by atoms with Gasteiger partial charge in [-0.05, 0) is 32.1 Å². The Morgan fingerprint density at radius 3 is 2.77 bits per heavy atom. The fourth-order valence-corrected chi connectivity index (χ4v) is 3.12. The molecule has 1 amide bonds. The zero-order chi connectivity index (χ0) is 18.5. The Morgan fingerprint density at radius 2 is 2.04 bits per heavy atom. The van der Waals surface area contributed by atoms with Crippen molar-refractivity contribution in [2.75, 3.05) is 59.2 Å². The Labute approximate surface area is 153 Å². The molecule has 1 fully saturated rings. The van der Waals surface area contributed by atoms with E-state index < -0.39 is 0 Å². The van der Waals surface area contributed by atoms with Gasteiger partial charge in [-0.3, -0.25) is 4.79 Å². The number of likely N-dealkylation sites (N-methyl/N-ethyl adjacent to an activating group) is 1. The Morgan fingerprint density at radius 1 is 1.27 bits per heavy atom. The molecule has 0 radical (unpaired) electrons. The van der Waals surface area contributed by atoms with E-state index in [-0.39, 0.29) is 5.91 Å². The second-order valence-corrected chi connectivity index (χ2v) is 6.58. The lowest BCUT2D eigenvalue weighted by Gasteiger charge is -2.32. The summed E-state index contributed by atoms with van der Waals surface area (Å²) in [6, 6.07) is 3.41. The maximum atomic E-state index is 12.6. The highest BCUT2D eigenvalue weighted by molar-refractivity contribution is 6.02. The molecule has 0 atom stereocenters. The van der Waals surface area contributed by atoms with Gasteiger partial charge in [-0.1, -0.05) is 0 Å². The largest absolute Gasteiger partial charge is 0.496 e. The summed E-state index contributed by atoms with van der Waals surface area (Å²) >= 11 is 0. The molecule has 2 heterocycles. The lowest BCUT2D eigenvalue weighted by molar-refractivity contribution is 0.0946. The number of amides is 1. The number of nitrogens with zero attached hydrogens (tertiary/aromatic N) is 4. The number of benzene rings is 1. The van der Waals surface area contributed by atoms with Gasteiger partial charge in [0.25, 0.3) is 5.91 Å². The number of anilines is 1. The summed E-state index contributed by atoms with van der Waals surface area (Å²) in [6.07, 6.45) is 2.31. The first kappa shape index (κ1) is 18.3. The molecule has 0 saturated carbocycles. The van der Waals surface area contributed by atoms with Crippen molar-refractivity contribution in [3.8, 4) is 5.75 Å².